The van der Waals surface area contributed by atoms with Gasteiger partial charge in [0.1, 0.15) is 6.54 Å². The van der Waals surface area contributed by atoms with Gasteiger partial charge in [-0.1, -0.05) is 6.07 Å². The lowest BCUT2D eigenvalue weighted by Gasteiger charge is -1.98. The molecule has 6 nitrogen and oxygen atoms in total. The number of carbonyl (C=O) groups is 1. The van der Waals surface area contributed by atoms with Gasteiger partial charge in [-0.3, -0.25) is 9.36 Å². The molecule has 0 radical (unpaired) electrons. The van der Waals surface area contributed by atoms with Gasteiger partial charge in [-0.05, 0) is 17.7 Å². The molecule has 0 saturated carbocycles. The first kappa shape index (κ1) is 10.4. The number of oxazole rings is 1. The number of aliphatic hydroxyl groups is 1. The zero-order valence-electron chi connectivity index (χ0n) is 8.34. The molecule has 0 spiro atoms. The summed E-state index contributed by atoms with van der Waals surface area (Å²) in [6.07, 6.45) is 0. The van der Waals surface area contributed by atoms with Crippen molar-refractivity contribution in [2.24, 2.45) is 5.73 Å². The van der Waals surface area contributed by atoms with E-state index in [4.69, 9.17) is 15.3 Å². The number of benzene rings is 1. The Morgan fingerprint density at radius 3 is 2.88 bits per heavy atom. The quantitative estimate of drug-likeness (QED) is 0.736. The monoisotopic (exact) mass is 222 g/mol. The molecule has 6 heteroatoms. The van der Waals surface area contributed by atoms with E-state index in [-0.39, 0.29) is 13.2 Å². The summed E-state index contributed by atoms with van der Waals surface area (Å²) in [5.41, 5.74) is 6.47. The highest BCUT2D eigenvalue weighted by Gasteiger charge is 2.11. The largest absolute Gasteiger partial charge is 0.420 e. The van der Waals surface area contributed by atoms with Crippen LogP contribution in [0.1, 0.15) is 5.56 Å². The minimum atomic E-state index is -0.635. The van der Waals surface area contributed by atoms with E-state index in [0.29, 0.717) is 16.7 Å². The molecule has 1 heterocycles. The molecule has 0 unspecified atom stereocenters. The van der Waals surface area contributed by atoms with Crippen molar-refractivity contribution in [3.05, 3.63) is 34.3 Å². The molecule has 3 N–H and O–H groups in total. The van der Waals surface area contributed by atoms with Crippen LogP contribution in [-0.4, -0.2) is 15.6 Å². The lowest BCUT2D eigenvalue weighted by atomic mass is 10.2. The lowest BCUT2D eigenvalue weighted by molar-refractivity contribution is -0.118. The summed E-state index contributed by atoms with van der Waals surface area (Å²) in [6.45, 7) is -0.356. The van der Waals surface area contributed by atoms with Gasteiger partial charge in [-0.2, -0.15) is 0 Å². The molecule has 0 fully saturated rings. The van der Waals surface area contributed by atoms with E-state index in [1.807, 2.05) is 0 Å². The summed E-state index contributed by atoms with van der Waals surface area (Å²) >= 11 is 0. The highest BCUT2D eigenvalue weighted by molar-refractivity contribution is 5.78. The van der Waals surface area contributed by atoms with Gasteiger partial charge >= 0.3 is 5.76 Å². The summed E-state index contributed by atoms with van der Waals surface area (Å²) in [4.78, 5) is 22.2. The maximum absolute atomic E-state index is 11.4. The third kappa shape index (κ3) is 1.70. The first-order valence-corrected chi connectivity index (χ1v) is 4.63. The molecule has 0 saturated heterocycles. The number of aromatic nitrogens is 1. The Morgan fingerprint density at radius 2 is 2.25 bits per heavy atom. The van der Waals surface area contributed by atoms with Gasteiger partial charge in [0.05, 0.1) is 12.1 Å². The molecule has 0 atom stereocenters. The molecular formula is C10H10N2O4. The Labute approximate surface area is 89.9 Å². The summed E-state index contributed by atoms with van der Waals surface area (Å²) in [5.74, 6) is -1.25. The zero-order chi connectivity index (χ0) is 11.7. The average molecular weight is 222 g/mol. The number of primary amides is 1. The average Bonchev–Trinajstić information content (AvgIpc) is 2.54. The van der Waals surface area contributed by atoms with Gasteiger partial charge in [0.2, 0.25) is 5.91 Å². The molecule has 0 bridgehead atoms. The van der Waals surface area contributed by atoms with E-state index < -0.39 is 11.7 Å². The van der Waals surface area contributed by atoms with Gasteiger partial charge in [-0.15, -0.1) is 0 Å². The molecule has 1 aromatic carbocycles. The molecule has 1 aromatic heterocycles. The van der Waals surface area contributed by atoms with Crippen molar-refractivity contribution in [3.63, 3.8) is 0 Å². The summed E-state index contributed by atoms with van der Waals surface area (Å²) < 4.78 is 6.08. The van der Waals surface area contributed by atoms with E-state index in [9.17, 15) is 9.59 Å². The number of amides is 1. The molecule has 2 aromatic rings. The Hall–Kier alpha value is -2.08. The van der Waals surface area contributed by atoms with Crippen LogP contribution in [0.5, 0.6) is 0 Å². The van der Waals surface area contributed by atoms with E-state index in [1.54, 1.807) is 18.2 Å². The minimum Gasteiger partial charge on any atom is -0.408 e. The molecular weight excluding hydrogens is 212 g/mol. The molecule has 16 heavy (non-hydrogen) atoms. The van der Waals surface area contributed by atoms with Crippen LogP contribution in [0.4, 0.5) is 0 Å². The number of rotatable bonds is 3. The highest BCUT2D eigenvalue weighted by atomic mass is 16.4. The fourth-order valence-electron chi connectivity index (χ4n) is 1.51. The molecule has 1 amide bonds. The molecule has 0 aliphatic heterocycles. The maximum Gasteiger partial charge on any atom is 0.420 e. The second-order valence-corrected chi connectivity index (χ2v) is 3.38. The molecule has 2 rings (SSSR count). The first-order chi connectivity index (χ1) is 7.61. The third-order valence-corrected chi connectivity index (χ3v) is 2.23. The number of aliphatic hydroxyl groups excluding tert-OH is 1. The van der Waals surface area contributed by atoms with Crippen LogP contribution >= 0.6 is 0 Å². The van der Waals surface area contributed by atoms with Crippen molar-refractivity contribution < 1.29 is 14.3 Å². The fourth-order valence-corrected chi connectivity index (χ4v) is 1.51. The van der Waals surface area contributed by atoms with Gasteiger partial charge < -0.3 is 15.3 Å². The minimum absolute atomic E-state index is 0.138. The summed E-state index contributed by atoms with van der Waals surface area (Å²) in [5, 5.41) is 8.92. The highest BCUT2D eigenvalue weighted by Crippen LogP contribution is 2.14. The second kappa shape index (κ2) is 3.82. The first-order valence-electron chi connectivity index (χ1n) is 4.63. The summed E-state index contributed by atoms with van der Waals surface area (Å²) in [7, 11) is 0. The normalized spacial score (nSPS) is 10.8. The maximum atomic E-state index is 11.4. The van der Waals surface area contributed by atoms with Crippen LogP contribution in [0.15, 0.2) is 27.4 Å². The molecule has 0 aliphatic rings. The smallest absolute Gasteiger partial charge is 0.408 e. The molecule has 0 aliphatic carbocycles. The molecule has 84 valence electrons. The number of nitrogens with two attached hydrogens (primary N) is 1. The standard InChI is InChI=1S/C10H10N2O4/c11-9(14)4-12-7-2-1-6(5-13)3-8(7)16-10(12)15/h1-3,13H,4-5H2,(H2,11,14). The van der Waals surface area contributed by atoms with E-state index in [0.717, 1.165) is 4.57 Å². The Balaban J connectivity index is 2.62. The number of nitrogens with zero attached hydrogens (tertiary/aromatic N) is 1. The number of hydrogen-bond donors (Lipinski definition) is 2. The van der Waals surface area contributed by atoms with Crippen molar-refractivity contribution in [1.82, 2.24) is 4.57 Å². The van der Waals surface area contributed by atoms with Crippen molar-refractivity contribution >= 4 is 17.0 Å². The SMILES string of the molecule is NC(=O)Cn1c(=O)oc2cc(CO)ccc21. The van der Waals surface area contributed by atoms with E-state index in [1.165, 1.54) is 0 Å². The zero-order valence-corrected chi connectivity index (χ0v) is 8.34. The van der Waals surface area contributed by atoms with Crippen LogP contribution in [0.2, 0.25) is 0 Å². The van der Waals surface area contributed by atoms with Crippen LogP contribution in [0.25, 0.3) is 11.1 Å². The van der Waals surface area contributed by atoms with Crippen molar-refractivity contribution in [1.29, 1.82) is 0 Å². The van der Waals surface area contributed by atoms with Crippen LogP contribution in [0, 0.1) is 0 Å². The number of carbonyl (C=O) groups excluding carboxylic acids is 1. The van der Waals surface area contributed by atoms with E-state index >= 15 is 0 Å². The van der Waals surface area contributed by atoms with Crippen molar-refractivity contribution in [3.8, 4) is 0 Å². The van der Waals surface area contributed by atoms with Crippen molar-refractivity contribution in [2.45, 2.75) is 13.2 Å². The van der Waals surface area contributed by atoms with E-state index in [2.05, 4.69) is 0 Å². The predicted molar refractivity (Wildman–Crippen MR) is 55.6 cm³/mol. The predicted octanol–water partition coefficient (Wildman–Crippen LogP) is -0.428. The number of hydrogen-bond acceptors (Lipinski definition) is 4. The second-order valence-electron chi connectivity index (χ2n) is 3.38. The third-order valence-electron chi connectivity index (χ3n) is 2.23. The topological polar surface area (TPSA) is 98.5 Å². The van der Waals surface area contributed by atoms with Gasteiger partial charge in [0, 0.05) is 0 Å². The Kier molecular flexibility index (Phi) is 2.49. The van der Waals surface area contributed by atoms with Gasteiger partial charge in [0.25, 0.3) is 0 Å². The Bertz CT molecular complexity index is 596. The summed E-state index contributed by atoms with van der Waals surface area (Å²) in [6, 6.07) is 4.80. The lowest BCUT2D eigenvalue weighted by Crippen LogP contribution is -2.24. The number of fused-ring (bicyclic) bond motifs is 1. The fraction of sp³-hybridized carbons (Fsp3) is 0.200. The van der Waals surface area contributed by atoms with Gasteiger partial charge in [0.15, 0.2) is 5.58 Å². The van der Waals surface area contributed by atoms with Crippen molar-refractivity contribution in [2.75, 3.05) is 0 Å². The van der Waals surface area contributed by atoms with Crippen LogP contribution < -0.4 is 11.5 Å². The Morgan fingerprint density at radius 1 is 1.50 bits per heavy atom. The van der Waals surface area contributed by atoms with Gasteiger partial charge in [-0.25, -0.2) is 4.79 Å². The van der Waals surface area contributed by atoms with Crippen LogP contribution in [0.3, 0.4) is 0 Å². The van der Waals surface area contributed by atoms with Crippen LogP contribution in [-0.2, 0) is 17.9 Å².